The molecule has 0 radical (unpaired) electrons. The molecule has 1 unspecified atom stereocenters. The Bertz CT molecular complexity index is 424. The molecule has 0 bridgehead atoms. The Morgan fingerprint density at radius 1 is 1.59 bits per heavy atom. The normalized spacial score (nSPS) is 11.6. The minimum Gasteiger partial charge on any atom is -0.465 e. The molecule has 1 rings (SSSR count). The van der Waals surface area contributed by atoms with Gasteiger partial charge in [0.2, 0.25) is 0 Å². The lowest BCUT2D eigenvalue weighted by Gasteiger charge is -2.12. The van der Waals surface area contributed by atoms with Crippen LogP contribution < -0.4 is 5.32 Å². The summed E-state index contributed by atoms with van der Waals surface area (Å²) in [6.07, 6.45) is 0. The summed E-state index contributed by atoms with van der Waals surface area (Å²) < 4.78 is 4.88. The molecule has 0 spiro atoms. The van der Waals surface area contributed by atoms with Gasteiger partial charge >= 0.3 is 5.97 Å². The van der Waals surface area contributed by atoms with Crippen molar-refractivity contribution in [1.82, 2.24) is 5.32 Å². The Morgan fingerprint density at radius 2 is 2.35 bits per heavy atom. The lowest BCUT2D eigenvalue weighted by atomic mass is 10.1. The number of rotatable bonds is 5. The van der Waals surface area contributed by atoms with E-state index in [0.29, 0.717) is 18.7 Å². The van der Waals surface area contributed by atoms with E-state index in [4.69, 9.17) is 10.00 Å². The van der Waals surface area contributed by atoms with Crippen molar-refractivity contribution in [2.75, 3.05) is 6.61 Å². The summed E-state index contributed by atoms with van der Waals surface area (Å²) in [5.74, 6) is -0.260. The molecule has 4 nitrogen and oxygen atoms in total. The van der Waals surface area contributed by atoms with E-state index >= 15 is 0 Å². The van der Waals surface area contributed by atoms with Crippen LogP contribution in [0.15, 0.2) is 24.3 Å². The highest BCUT2D eigenvalue weighted by molar-refractivity contribution is 5.75. The molecule has 1 aromatic rings. The fraction of sp³-hybridized carbons (Fsp3) is 0.385. The molecule has 0 aromatic heterocycles. The third-order valence-corrected chi connectivity index (χ3v) is 2.31. The number of nitriles is 1. The van der Waals surface area contributed by atoms with E-state index in [-0.39, 0.29) is 12.0 Å². The standard InChI is InChI=1S/C13H16N2O2/c1-3-17-13(16)10(2)15-9-12-6-4-5-11(7-12)8-14/h4-7,10,15H,3,9H2,1-2H3. The predicted molar refractivity (Wildman–Crippen MR) is 64.1 cm³/mol. The summed E-state index contributed by atoms with van der Waals surface area (Å²) in [5.41, 5.74) is 1.59. The van der Waals surface area contributed by atoms with E-state index in [1.807, 2.05) is 12.1 Å². The largest absolute Gasteiger partial charge is 0.465 e. The summed E-state index contributed by atoms with van der Waals surface area (Å²) in [7, 11) is 0. The van der Waals surface area contributed by atoms with Crippen LogP contribution in [0, 0.1) is 11.3 Å². The number of esters is 1. The van der Waals surface area contributed by atoms with Crippen LogP contribution >= 0.6 is 0 Å². The first-order valence-electron chi connectivity index (χ1n) is 5.56. The van der Waals surface area contributed by atoms with Gasteiger partial charge in [-0.3, -0.25) is 4.79 Å². The van der Waals surface area contributed by atoms with Crippen molar-refractivity contribution in [3.8, 4) is 6.07 Å². The molecule has 1 atom stereocenters. The second kappa shape index (κ2) is 6.66. The minimum absolute atomic E-state index is 0.260. The van der Waals surface area contributed by atoms with E-state index in [1.165, 1.54) is 0 Å². The Labute approximate surface area is 101 Å². The highest BCUT2D eigenvalue weighted by Gasteiger charge is 2.12. The van der Waals surface area contributed by atoms with Gasteiger partial charge in [0.15, 0.2) is 0 Å². The molecule has 0 aliphatic rings. The molecule has 17 heavy (non-hydrogen) atoms. The van der Waals surface area contributed by atoms with Gasteiger partial charge in [0.05, 0.1) is 18.2 Å². The fourth-order valence-electron chi connectivity index (χ4n) is 1.37. The number of nitrogens with one attached hydrogen (secondary N) is 1. The molecule has 0 saturated heterocycles. The van der Waals surface area contributed by atoms with Crippen molar-refractivity contribution in [1.29, 1.82) is 5.26 Å². The van der Waals surface area contributed by atoms with E-state index in [0.717, 1.165) is 5.56 Å². The fourth-order valence-corrected chi connectivity index (χ4v) is 1.37. The molecule has 1 N–H and O–H groups in total. The van der Waals surface area contributed by atoms with E-state index in [9.17, 15) is 4.79 Å². The van der Waals surface area contributed by atoms with Crippen LogP contribution in [0.1, 0.15) is 25.0 Å². The number of ether oxygens (including phenoxy) is 1. The molecule has 90 valence electrons. The molecule has 0 saturated carbocycles. The van der Waals surface area contributed by atoms with Gasteiger partial charge in [0.1, 0.15) is 6.04 Å². The van der Waals surface area contributed by atoms with Crippen LogP contribution in [-0.2, 0) is 16.1 Å². The number of benzene rings is 1. The van der Waals surface area contributed by atoms with Crippen molar-refractivity contribution in [2.45, 2.75) is 26.4 Å². The van der Waals surface area contributed by atoms with Gasteiger partial charge in [-0.15, -0.1) is 0 Å². The maximum atomic E-state index is 11.4. The molecule has 4 heteroatoms. The van der Waals surface area contributed by atoms with Crippen molar-refractivity contribution in [3.05, 3.63) is 35.4 Å². The predicted octanol–water partition coefficient (Wildman–Crippen LogP) is 1.60. The van der Waals surface area contributed by atoms with Crippen LogP contribution in [-0.4, -0.2) is 18.6 Å². The Kier molecular flexibility index (Phi) is 5.18. The van der Waals surface area contributed by atoms with Gasteiger partial charge in [-0.25, -0.2) is 0 Å². The summed E-state index contributed by atoms with van der Waals surface area (Å²) >= 11 is 0. The van der Waals surface area contributed by atoms with Crippen LogP contribution in [0.3, 0.4) is 0 Å². The first-order valence-corrected chi connectivity index (χ1v) is 5.56. The molecular formula is C13H16N2O2. The smallest absolute Gasteiger partial charge is 0.322 e. The summed E-state index contributed by atoms with van der Waals surface area (Å²) in [6.45, 7) is 4.46. The number of carbonyl (C=O) groups is 1. The Balaban J connectivity index is 2.50. The molecule has 0 heterocycles. The highest BCUT2D eigenvalue weighted by atomic mass is 16.5. The van der Waals surface area contributed by atoms with Gasteiger partial charge in [-0.05, 0) is 31.5 Å². The lowest BCUT2D eigenvalue weighted by molar-refractivity contribution is -0.145. The van der Waals surface area contributed by atoms with Gasteiger partial charge in [-0.1, -0.05) is 12.1 Å². The number of nitrogens with zero attached hydrogens (tertiary/aromatic N) is 1. The lowest BCUT2D eigenvalue weighted by Crippen LogP contribution is -2.34. The molecule has 0 aliphatic heterocycles. The first-order chi connectivity index (χ1) is 8.17. The zero-order chi connectivity index (χ0) is 12.7. The monoisotopic (exact) mass is 232 g/mol. The summed E-state index contributed by atoms with van der Waals surface area (Å²) in [5, 5.41) is 11.8. The molecule has 1 aromatic carbocycles. The van der Waals surface area contributed by atoms with Crippen molar-refractivity contribution in [3.63, 3.8) is 0 Å². The zero-order valence-corrected chi connectivity index (χ0v) is 10.1. The van der Waals surface area contributed by atoms with Crippen molar-refractivity contribution >= 4 is 5.97 Å². The van der Waals surface area contributed by atoms with E-state index in [1.54, 1.807) is 26.0 Å². The van der Waals surface area contributed by atoms with Gasteiger partial charge < -0.3 is 10.1 Å². The quantitative estimate of drug-likeness (QED) is 0.783. The third-order valence-electron chi connectivity index (χ3n) is 2.31. The second-order valence-corrected chi connectivity index (χ2v) is 3.67. The SMILES string of the molecule is CCOC(=O)C(C)NCc1cccc(C#N)c1. The van der Waals surface area contributed by atoms with Crippen molar-refractivity contribution < 1.29 is 9.53 Å². The number of hydrogen-bond donors (Lipinski definition) is 1. The van der Waals surface area contributed by atoms with Gasteiger partial charge in [-0.2, -0.15) is 5.26 Å². The number of hydrogen-bond acceptors (Lipinski definition) is 4. The van der Waals surface area contributed by atoms with Gasteiger partial charge in [0, 0.05) is 6.54 Å². The highest BCUT2D eigenvalue weighted by Crippen LogP contribution is 2.04. The minimum atomic E-state index is -0.347. The maximum absolute atomic E-state index is 11.4. The first kappa shape index (κ1) is 13.2. The third kappa shape index (κ3) is 4.25. The zero-order valence-electron chi connectivity index (χ0n) is 10.1. The molecule has 0 aliphatic carbocycles. The van der Waals surface area contributed by atoms with Crippen LogP contribution in [0.5, 0.6) is 0 Å². The molecular weight excluding hydrogens is 216 g/mol. The second-order valence-electron chi connectivity index (χ2n) is 3.67. The summed E-state index contributed by atoms with van der Waals surface area (Å²) in [4.78, 5) is 11.4. The van der Waals surface area contributed by atoms with E-state index in [2.05, 4.69) is 11.4 Å². The summed E-state index contributed by atoms with van der Waals surface area (Å²) in [6, 6.07) is 9.01. The average molecular weight is 232 g/mol. The molecule has 0 amide bonds. The van der Waals surface area contributed by atoms with E-state index < -0.39 is 0 Å². The topological polar surface area (TPSA) is 62.1 Å². The molecule has 0 fully saturated rings. The Hall–Kier alpha value is -1.86. The number of carbonyl (C=O) groups excluding carboxylic acids is 1. The van der Waals surface area contributed by atoms with Crippen molar-refractivity contribution in [2.24, 2.45) is 0 Å². The van der Waals surface area contributed by atoms with Gasteiger partial charge in [0.25, 0.3) is 0 Å². The van der Waals surface area contributed by atoms with Crippen LogP contribution in [0.25, 0.3) is 0 Å². The maximum Gasteiger partial charge on any atom is 0.322 e. The Morgan fingerprint density at radius 3 is 3.00 bits per heavy atom. The van der Waals surface area contributed by atoms with Crippen LogP contribution in [0.4, 0.5) is 0 Å². The van der Waals surface area contributed by atoms with Crippen LogP contribution in [0.2, 0.25) is 0 Å². The average Bonchev–Trinajstić information content (AvgIpc) is 2.36.